The normalized spacial score (nSPS) is 16.4. The topological polar surface area (TPSA) is 126 Å². The minimum absolute atomic E-state index is 0.00345. The molecule has 3 aromatic heterocycles. The van der Waals surface area contributed by atoms with E-state index < -0.39 is 10.0 Å². The molecule has 0 aliphatic carbocycles. The molecule has 4 aromatic rings. The highest BCUT2D eigenvalue weighted by molar-refractivity contribution is 7.89. The Bertz CT molecular complexity index is 1550. The van der Waals surface area contributed by atoms with Crippen molar-refractivity contribution in [2.24, 2.45) is 7.05 Å². The summed E-state index contributed by atoms with van der Waals surface area (Å²) in [4.78, 5) is 21.9. The molecular weight excluding hydrogens is 466 g/mol. The molecule has 0 spiro atoms. The first kappa shape index (κ1) is 23.2. The molecule has 0 radical (unpaired) electrons. The Morgan fingerprint density at radius 3 is 2.86 bits per heavy atom. The Labute approximate surface area is 203 Å². The third-order valence-electron chi connectivity index (χ3n) is 6.68. The summed E-state index contributed by atoms with van der Waals surface area (Å²) in [5, 5.41) is 10.8. The lowest BCUT2D eigenvalue weighted by Crippen LogP contribution is -2.37. The Morgan fingerprint density at radius 2 is 2.06 bits per heavy atom. The van der Waals surface area contributed by atoms with Crippen LogP contribution in [0.2, 0.25) is 0 Å². The van der Waals surface area contributed by atoms with E-state index in [4.69, 9.17) is 0 Å². The monoisotopic (exact) mass is 493 g/mol. The summed E-state index contributed by atoms with van der Waals surface area (Å²) in [6, 6.07) is 7.17. The molecule has 0 bridgehead atoms. The minimum atomic E-state index is -3.81. The average molecular weight is 494 g/mol. The second-order valence-corrected chi connectivity index (χ2v) is 10.9. The quantitative estimate of drug-likeness (QED) is 0.440. The van der Waals surface area contributed by atoms with Gasteiger partial charge in [0, 0.05) is 61.1 Å². The molecule has 5 rings (SSSR count). The van der Waals surface area contributed by atoms with Crippen LogP contribution in [0.15, 0.2) is 41.6 Å². The van der Waals surface area contributed by atoms with E-state index in [1.54, 1.807) is 30.9 Å². The molecule has 0 saturated heterocycles. The van der Waals surface area contributed by atoms with Crippen LogP contribution >= 0.6 is 0 Å². The molecule has 0 fully saturated rings. The van der Waals surface area contributed by atoms with E-state index in [0.717, 1.165) is 27.7 Å². The van der Waals surface area contributed by atoms with Crippen LogP contribution < -0.4 is 5.32 Å². The van der Waals surface area contributed by atoms with Crippen molar-refractivity contribution in [1.82, 2.24) is 34.4 Å². The maximum atomic E-state index is 13.6. The highest BCUT2D eigenvalue weighted by Crippen LogP contribution is 2.32. The molecule has 35 heavy (non-hydrogen) atoms. The first-order valence-electron chi connectivity index (χ1n) is 11.3. The van der Waals surface area contributed by atoms with Crippen molar-refractivity contribution in [3.8, 4) is 0 Å². The number of hydrogen-bond acceptors (Lipinski definition) is 6. The third kappa shape index (κ3) is 4.00. The van der Waals surface area contributed by atoms with Gasteiger partial charge in [0.25, 0.3) is 5.91 Å². The first-order chi connectivity index (χ1) is 16.7. The SMILES string of the molecule is Cc1ncc2c(CNC(=O)c3cc(S(=O)(=O)N4Cc5cn[nH]c5C(C)C4)c(C)n3C)cccc2n1. The maximum absolute atomic E-state index is 13.6. The van der Waals surface area contributed by atoms with Crippen LogP contribution in [0.4, 0.5) is 0 Å². The number of carbonyl (C=O) groups excluding carboxylic acids is 1. The molecule has 2 N–H and O–H groups in total. The van der Waals surface area contributed by atoms with Gasteiger partial charge in [-0.2, -0.15) is 9.40 Å². The number of rotatable bonds is 5. The maximum Gasteiger partial charge on any atom is 0.268 e. The van der Waals surface area contributed by atoms with E-state index in [0.29, 0.717) is 18.1 Å². The summed E-state index contributed by atoms with van der Waals surface area (Å²) in [7, 11) is -2.11. The van der Waals surface area contributed by atoms with Gasteiger partial charge in [-0.25, -0.2) is 18.4 Å². The summed E-state index contributed by atoms with van der Waals surface area (Å²) >= 11 is 0. The molecule has 1 atom stereocenters. The van der Waals surface area contributed by atoms with Crippen LogP contribution in [0.5, 0.6) is 0 Å². The standard InChI is InChI=1S/C24H27N7O3S/c1-14-12-31(13-18-10-27-29-23(14)18)35(33,34)22-8-21(30(4)15(22)2)24(32)26-9-17-6-5-7-20-19(17)11-25-16(3)28-20/h5-8,10-11,14H,9,12-13H2,1-4H3,(H,26,32)(H,27,29). The van der Waals surface area contributed by atoms with E-state index in [1.807, 2.05) is 32.0 Å². The Hall–Kier alpha value is -3.57. The molecule has 10 nitrogen and oxygen atoms in total. The largest absolute Gasteiger partial charge is 0.347 e. The second kappa shape index (κ2) is 8.58. The van der Waals surface area contributed by atoms with E-state index in [1.165, 1.54) is 10.4 Å². The Balaban J connectivity index is 1.39. The fourth-order valence-electron chi connectivity index (χ4n) is 4.63. The zero-order chi connectivity index (χ0) is 24.9. The number of aryl methyl sites for hydroxylation is 1. The number of H-pyrrole nitrogens is 1. The predicted molar refractivity (Wildman–Crippen MR) is 130 cm³/mol. The number of hydrogen-bond donors (Lipinski definition) is 2. The van der Waals surface area contributed by atoms with Gasteiger partial charge in [-0.3, -0.25) is 9.89 Å². The van der Waals surface area contributed by atoms with Gasteiger partial charge >= 0.3 is 0 Å². The smallest absolute Gasteiger partial charge is 0.268 e. The van der Waals surface area contributed by atoms with Crippen molar-refractivity contribution < 1.29 is 13.2 Å². The van der Waals surface area contributed by atoms with Gasteiger partial charge < -0.3 is 9.88 Å². The number of aromatic amines is 1. The van der Waals surface area contributed by atoms with Gasteiger partial charge in [0.05, 0.1) is 11.7 Å². The van der Waals surface area contributed by atoms with Gasteiger partial charge in [-0.15, -0.1) is 0 Å². The number of aromatic nitrogens is 5. The highest BCUT2D eigenvalue weighted by Gasteiger charge is 2.35. The minimum Gasteiger partial charge on any atom is -0.347 e. The van der Waals surface area contributed by atoms with Crippen molar-refractivity contribution in [3.63, 3.8) is 0 Å². The fourth-order valence-corrected chi connectivity index (χ4v) is 6.40. The van der Waals surface area contributed by atoms with Crippen molar-refractivity contribution in [1.29, 1.82) is 0 Å². The highest BCUT2D eigenvalue weighted by atomic mass is 32.2. The number of fused-ring (bicyclic) bond motifs is 2. The van der Waals surface area contributed by atoms with Gasteiger partial charge in [-0.05, 0) is 31.5 Å². The molecule has 182 valence electrons. The van der Waals surface area contributed by atoms with Crippen LogP contribution in [0, 0.1) is 13.8 Å². The molecule has 1 unspecified atom stereocenters. The molecule has 1 aliphatic rings. The molecule has 0 saturated carbocycles. The van der Waals surface area contributed by atoms with E-state index >= 15 is 0 Å². The van der Waals surface area contributed by atoms with Gasteiger partial charge in [0.1, 0.15) is 16.4 Å². The summed E-state index contributed by atoms with van der Waals surface area (Å²) in [6.45, 7) is 6.37. The predicted octanol–water partition coefficient (Wildman–Crippen LogP) is 2.55. The van der Waals surface area contributed by atoms with Crippen LogP contribution in [-0.4, -0.2) is 49.9 Å². The Kier molecular flexibility index (Phi) is 5.68. The number of carbonyl (C=O) groups is 1. The van der Waals surface area contributed by atoms with Gasteiger partial charge in [-0.1, -0.05) is 19.1 Å². The van der Waals surface area contributed by atoms with Crippen molar-refractivity contribution in [3.05, 3.63) is 70.7 Å². The number of sulfonamides is 1. The lowest BCUT2D eigenvalue weighted by atomic mass is 10.0. The molecule has 1 aromatic carbocycles. The van der Waals surface area contributed by atoms with Crippen molar-refractivity contribution >= 4 is 26.8 Å². The number of amides is 1. The van der Waals surface area contributed by atoms with Gasteiger partial charge in [0.15, 0.2) is 0 Å². The van der Waals surface area contributed by atoms with Crippen molar-refractivity contribution in [2.75, 3.05) is 6.54 Å². The summed E-state index contributed by atoms with van der Waals surface area (Å²) in [6.07, 6.45) is 3.42. The van der Waals surface area contributed by atoms with Crippen LogP contribution in [-0.2, 0) is 30.2 Å². The zero-order valence-corrected chi connectivity index (χ0v) is 20.8. The summed E-state index contributed by atoms with van der Waals surface area (Å²) in [5.41, 5.74) is 4.32. The van der Waals surface area contributed by atoms with Crippen LogP contribution in [0.3, 0.4) is 0 Å². The molecule has 11 heteroatoms. The summed E-state index contributed by atoms with van der Waals surface area (Å²) in [5.74, 6) is 0.321. The van der Waals surface area contributed by atoms with Crippen LogP contribution in [0.25, 0.3) is 10.9 Å². The number of nitrogens with one attached hydrogen (secondary N) is 2. The van der Waals surface area contributed by atoms with E-state index in [2.05, 4.69) is 25.5 Å². The van der Waals surface area contributed by atoms with E-state index in [-0.39, 0.29) is 35.5 Å². The van der Waals surface area contributed by atoms with Crippen LogP contribution in [0.1, 0.15) is 51.7 Å². The second-order valence-electron chi connectivity index (χ2n) is 9.00. The zero-order valence-electron chi connectivity index (χ0n) is 20.0. The molecule has 4 heterocycles. The fraction of sp³-hybridized carbons (Fsp3) is 0.333. The number of benzene rings is 1. The molecular formula is C24H27N7O3S. The Morgan fingerprint density at radius 1 is 1.26 bits per heavy atom. The molecule has 1 amide bonds. The third-order valence-corrected chi connectivity index (χ3v) is 8.61. The molecule has 1 aliphatic heterocycles. The lowest BCUT2D eigenvalue weighted by molar-refractivity contribution is 0.0942. The lowest BCUT2D eigenvalue weighted by Gasteiger charge is -2.29. The average Bonchev–Trinajstić information content (AvgIpc) is 3.42. The number of nitrogens with zero attached hydrogens (tertiary/aromatic N) is 5. The van der Waals surface area contributed by atoms with Crippen molar-refractivity contribution in [2.45, 2.75) is 44.7 Å². The van der Waals surface area contributed by atoms with E-state index in [9.17, 15) is 13.2 Å². The first-order valence-corrected chi connectivity index (χ1v) is 12.8. The summed E-state index contributed by atoms with van der Waals surface area (Å²) < 4.78 is 30.2. The van der Waals surface area contributed by atoms with Gasteiger partial charge in [0.2, 0.25) is 10.0 Å².